The van der Waals surface area contributed by atoms with Crippen molar-refractivity contribution >= 4 is 17.5 Å². The highest BCUT2D eigenvalue weighted by Crippen LogP contribution is 2.47. The molecule has 1 aromatic rings. The van der Waals surface area contributed by atoms with Crippen LogP contribution in [0.2, 0.25) is 0 Å². The van der Waals surface area contributed by atoms with Crippen molar-refractivity contribution in [3.8, 4) is 0 Å². The minimum absolute atomic E-state index is 0.177. The lowest BCUT2D eigenvalue weighted by Crippen LogP contribution is -2.42. The molecule has 84 valence electrons. The van der Waals surface area contributed by atoms with Crippen molar-refractivity contribution < 1.29 is 4.79 Å². The molecule has 1 aromatic carbocycles. The van der Waals surface area contributed by atoms with Crippen molar-refractivity contribution in [2.24, 2.45) is 0 Å². The average Bonchev–Trinajstić information content (AvgIpc) is 2.30. The van der Waals surface area contributed by atoms with Crippen molar-refractivity contribution in [1.29, 1.82) is 0 Å². The van der Waals surface area contributed by atoms with Gasteiger partial charge in [0.05, 0.1) is 0 Å². The second-order valence-electron chi connectivity index (χ2n) is 4.63. The Morgan fingerprint density at radius 1 is 1.19 bits per heavy atom. The number of rotatable bonds is 0. The maximum atomic E-state index is 12.1. The van der Waals surface area contributed by atoms with E-state index in [2.05, 4.69) is 11.4 Å². The number of hydrogen-bond acceptors (Lipinski definition) is 3. The van der Waals surface area contributed by atoms with E-state index in [1.165, 1.54) is 4.90 Å². The largest absolute Gasteiger partial charge is 0.317 e. The average molecular weight is 233 g/mol. The molecule has 0 bridgehead atoms. The molecule has 1 fully saturated rings. The van der Waals surface area contributed by atoms with Gasteiger partial charge in [-0.15, -0.1) is 11.8 Å². The molecule has 0 saturated carbocycles. The first-order chi connectivity index (χ1) is 7.79. The topological polar surface area (TPSA) is 29.1 Å². The molecule has 0 amide bonds. The van der Waals surface area contributed by atoms with E-state index in [-0.39, 0.29) is 4.75 Å². The van der Waals surface area contributed by atoms with Crippen LogP contribution in [0.5, 0.6) is 0 Å². The van der Waals surface area contributed by atoms with Crippen LogP contribution in [-0.4, -0.2) is 23.6 Å². The Kier molecular flexibility index (Phi) is 2.52. The van der Waals surface area contributed by atoms with Crippen molar-refractivity contribution in [2.45, 2.75) is 28.9 Å². The van der Waals surface area contributed by atoms with Crippen LogP contribution >= 0.6 is 11.8 Å². The third-order valence-electron chi connectivity index (χ3n) is 3.51. The molecule has 0 unspecified atom stereocenters. The van der Waals surface area contributed by atoms with E-state index in [9.17, 15) is 4.79 Å². The zero-order valence-corrected chi connectivity index (χ0v) is 9.98. The monoisotopic (exact) mass is 233 g/mol. The first-order valence-corrected chi connectivity index (χ1v) is 6.63. The summed E-state index contributed by atoms with van der Waals surface area (Å²) < 4.78 is 0.177. The number of carbonyl (C=O) groups is 1. The summed E-state index contributed by atoms with van der Waals surface area (Å²) in [5.41, 5.74) is 0.927. The molecule has 2 aliphatic heterocycles. The lowest BCUT2D eigenvalue weighted by Gasteiger charge is -2.39. The van der Waals surface area contributed by atoms with Gasteiger partial charge in [0.2, 0.25) is 0 Å². The van der Waals surface area contributed by atoms with Gasteiger partial charge in [-0.2, -0.15) is 0 Å². The summed E-state index contributed by atoms with van der Waals surface area (Å²) in [6.45, 7) is 2.09. The molecular weight excluding hydrogens is 218 g/mol. The first-order valence-electron chi connectivity index (χ1n) is 5.81. The molecule has 2 nitrogen and oxygen atoms in total. The Bertz CT molecular complexity index is 424. The molecule has 0 aromatic heterocycles. The molecule has 1 saturated heterocycles. The number of ketones is 1. The number of Topliss-reactive ketones (excluding diaryl/α,β-unsaturated/α-hetero) is 1. The summed E-state index contributed by atoms with van der Waals surface area (Å²) in [5.74, 6) is 0.330. The molecule has 3 heteroatoms. The van der Waals surface area contributed by atoms with Crippen LogP contribution in [0, 0.1) is 0 Å². The lowest BCUT2D eigenvalue weighted by molar-refractivity contribution is 0.0955. The van der Waals surface area contributed by atoms with Crippen molar-refractivity contribution in [1.82, 2.24) is 5.32 Å². The van der Waals surface area contributed by atoms with Gasteiger partial charge in [-0.05, 0) is 32.0 Å². The zero-order chi connectivity index (χ0) is 11.0. The Labute approximate surface area is 99.8 Å². The molecule has 2 heterocycles. The van der Waals surface area contributed by atoms with E-state index in [1.54, 1.807) is 0 Å². The number of benzene rings is 1. The third kappa shape index (κ3) is 1.68. The van der Waals surface area contributed by atoms with Gasteiger partial charge in [0, 0.05) is 21.6 Å². The van der Waals surface area contributed by atoms with Crippen LogP contribution in [0.25, 0.3) is 0 Å². The fourth-order valence-corrected chi connectivity index (χ4v) is 4.12. The minimum atomic E-state index is 0.177. The predicted octanol–water partition coefficient (Wildman–Crippen LogP) is 2.49. The van der Waals surface area contributed by atoms with Gasteiger partial charge in [0.15, 0.2) is 5.78 Å². The molecule has 1 N–H and O–H groups in total. The summed E-state index contributed by atoms with van der Waals surface area (Å²) in [5, 5.41) is 3.37. The second kappa shape index (κ2) is 3.90. The fraction of sp³-hybridized carbons (Fsp3) is 0.462. The Hall–Kier alpha value is -0.800. The van der Waals surface area contributed by atoms with E-state index in [0.29, 0.717) is 5.78 Å². The maximum absolute atomic E-state index is 12.1. The number of hydrogen-bond donors (Lipinski definition) is 1. The number of piperidine rings is 1. The molecular formula is C13H15NOS. The van der Waals surface area contributed by atoms with Gasteiger partial charge in [0.25, 0.3) is 0 Å². The normalized spacial score (nSPS) is 23.1. The third-order valence-corrected chi connectivity index (χ3v) is 5.07. The highest BCUT2D eigenvalue weighted by molar-refractivity contribution is 8.01. The van der Waals surface area contributed by atoms with Crippen LogP contribution in [0.3, 0.4) is 0 Å². The molecule has 2 aliphatic rings. The SMILES string of the molecule is O=C1CC2(CCNCC2)Sc2ccccc21. The summed E-state index contributed by atoms with van der Waals surface area (Å²) in [4.78, 5) is 13.3. The summed E-state index contributed by atoms with van der Waals surface area (Å²) in [7, 11) is 0. The van der Waals surface area contributed by atoms with Crippen LogP contribution in [0.4, 0.5) is 0 Å². The van der Waals surface area contributed by atoms with Crippen LogP contribution in [0.1, 0.15) is 29.6 Å². The van der Waals surface area contributed by atoms with Gasteiger partial charge in [-0.1, -0.05) is 18.2 Å². The Balaban J connectivity index is 1.96. The van der Waals surface area contributed by atoms with Gasteiger partial charge < -0.3 is 5.32 Å². The first kappa shape index (κ1) is 10.4. The minimum Gasteiger partial charge on any atom is -0.317 e. The van der Waals surface area contributed by atoms with Gasteiger partial charge in [0.1, 0.15) is 0 Å². The van der Waals surface area contributed by atoms with Crippen LogP contribution in [0.15, 0.2) is 29.2 Å². The molecule has 3 rings (SSSR count). The standard InChI is InChI=1S/C13H15NOS/c15-11-9-13(5-7-14-8-6-13)16-12-4-2-1-3-10(11)12/h1-4,14H,5-9H2. The van der Waals surface area contributed by atoms with Gasteiger partial charge in [-0.25, -0.2) is 0 Å². The smallest absolute Gasteiger partial charge is 0.165 e. The Morgan fingerprint density at radius 3 is 2.75 bits per heavy atom. The molecule has 0 aliphatic carbocycles. The molecule has 0 radical (unpaired) electrons. The highest BCUT2D eigenvalue weighted by atomic mass is 32.2. The molecule has 1 spiro atoms. The lowest BCUT2D eigenvalue weighted by atomic mass is 9.89. The van der Waals surface area contributed by atoms with Crippen LogP contribution < -0.4 is 5.32 Å². The highest BCUT2D eigenvalue weighted by Gasteiger charge is 2.39. The quantitative estimate of drug-likeness (QED) is 0.746. The molecule has 0 atom stereocenters. The summed E-state index contributed by atoms with van der Waals surface area (Å²) >= 11 is 1.92. The van der Waals surface area contributed by atoms with Crippen molar-refractivity contribution in [2.75, 3.05) is 13.1 Å². The van der Waals surface area contributed by atoms with E-state index < -0.39 is 0 Å². The van der Waals surface area contributed by atoms with Gasteiger partial charge in [-0.3, -0.25) is 4.79 Å². The number of carbonyl (C=O) groups excluding carboxylic acids is 1. The van der Waals surface area contributed by atoms with Crippen molar-refractivity contribution in [3.63, 3.8) is 0 Å². The number of fused-ring (bicyclic) bond motifs is 1. The van der Waals surface area contributed by atoms with E-state index in [0.717, 1.165) is 37.9 Å². The zero-order valence-electron chi connectivity index (χ0n) is 9.16. The molecule has 16 heavy (non-hydrogen) atoms. The van der Waals surface area contributed by atoms with E-state index in [1.807, 2.05) is 30.0 Å². The summed E-state index contributed by atoms with van der Waals surface area (Å²) in [6, 6.07) is 8.02. The van der Waals surface area contributed by atoms with Crippen molar-refractivity contribution in [3.05, 3.63) is 29.8 Å². The maximum Gasteiger partial charge on any atom is 0.165 e. The van der Waals surface area contributed by atoms with E-state index in [4.69, 9.17) is 0 Å². The predicted molar refractivity (Wildman–Crippen MR) is 66.1 cm³/mol. The Morgan fingerprint density at radius 2 is 1.94 bits per heavy atom. The van der Waals surface area contributed by atoms with Crippen LogP contribution in [-0.2, 0) is 0 Å². The van der Waals surface area contributed by atoms with E-state index >= 15 is 0 Å². The van der Waals surface area contributed by atoms with Gasteiger partial charge >= 0.3 is 0 Å². The number of thioether (sulfide) groups is 1. The summed E-state index contributed by atoms with van der Waals surface area (Å²) in [6.07, 6.45) is 2.94. The number of nitrogens with one attached hydrogen (secondary N) is 1. The second-order valence-corrected chi connectivity index (χ2v) is 6.14. The fourth-order valence-electron chi connectivity index (χ4n) is 2.60.